The second-order valence-corrected chi connectivity index (χ2v) is 4.46. The highest BCUT2D eigenvalue weighted by Crippen LogP contribution is 1.85. The molecule has 0 fully saturated rings. The molecule has 0 rings (SSSR count). The summed E-state index contributed by atoms with van der Waals surface area (Å²) in [6, 6.07) is 0.367. The van der Waals surface area contributed by atoms with Gasteiger partial charge in [0.2, 0.25) is 5.91 Å². The zero-order valence-corrected chi connectivity index (χ0v) is 13.1. The van der Waals surface area contributed by atoms with Crippen molar-refractivity contribution in [2.24, 2.45) is 0 Å². The summed E-state index contributed by atoms with van der Waals surface area (Å²) in [6.07, 6.45) is 1.01. The van der Waals surface area contributed by atoms with Crippen LogP contribution in [0.2, 0.25) is 0 Å². The van der Waals surface area contributed by atoms with Crippen molar-refractivity contribution in [1.29, 1.82) is 0 Å². The Morgan fingerprint density at radius 2 is 1.60 bits per heavy atom. The van der Waals surface area contributed by atoms with Gasteiger partial charge in [-0.2, -0.15) is 0 Å². The van der Waals surface area contributed by atoms with E-state index in [1.807, 2.05) is 6.92 Å². The highest BCUT2D eigenvalue weighted by Gasteiger charge is 2.02. The van der Waals surface area contributed by atoms with Crippen molar-refractivity contribution in [3.63, 3.8) is 0 Å². The molecule has 20 heavy (non-hydrogen) atoms. The Kier molecular flexibility index (Phi) is 14.2. The maximum Gasteiger partial charge on any atom is 0.234 e. The van der Waals surface area contributed by atoms with Gasteiger partial charge in [0.05, 0.1) is 39.6 Å². The van der Waals surface area contributed by atoms with Crippen LogP contribution >= 0.6 is 0 Å². The molecule has 0 saturated heterocycles. The number of carbonyl (C=O) groups excluding carboxylic acids is 1. The summed E-state index contributed by atoms with van der Waals surface area (Å²) in [5.41, 5.74) is 0. The maximum atomic E-state index is 11.4. The third kappa shape index (κ3) is 13.7. The van der Waals surface area contributed by atoms with Gasteiger partial charge in [-0.25, -0.2) is 0 Å². The molecule has 0 aliphatic heterocycles. The van der Waals surface area contributed by atoms with Crippen LogP contribution in [-0.2, 0) is 19.0 Å². The quantitative estimate of drug-likeness (QED) is 0.458. The average molecular weight is 290 g/mol. The van der Waals surface area contributed by atoms with Crippen LogP contribution in [-0.4, -0.2) is 64.7 Å². The minimum Gasteiger partial charge on any atom is -0.379 e. The lowest BCUT2D eigenvalue weighted by Crippen LogP contribution is -2.39. The predicted molar refractivity (Wildman–Crippen MR) is 78.9 cm³/mol. The molecule has 0 aromatic rings. The standard InChI is InChI=1S/C14H30N2O4/c1-4-13(3)16-12-14(17)15-6-7-19-10-11-20-9-8-18-5-2/h13,16H,4-12H2,1-3H3,(H,15,17). The summed E-state index contributed by atoms with van der Waals surface area (Å²) in [5, 5.41) is 5.93. The van der Waals surface area contributed by atoms with Crippen molar-refractivity contribution in [1.82, 2.24) is 10.6 Å². The van der Waals surface area contributed by atoms with Crippen molar-refractivity contribution < 1.29 is 19.0 Å². The smallest absolute Gasteiger partial charge is 0.234 e. The Morgan fingerprint density at radius 3 is 2.20 bits per heavy atom. The summed E-state index contributed by atoms with van der Waals surface area (Å²) < 4.78 is 15.8. The predicted octanol–water partition coefficient (Wildman–Crippen LogP) is 0.560. The van der Waals surface area contributed by atoms with E-state index in [0.717, 1.165) is 6.42 Å². The Labute approximate surface area is 122 Å². The molecular formula is C14H30N2O4. The van der Waals surface area contributed by atoms with Crippen molar-refractivity contribution in [2.75, 3.05) is 52.7 Å². The number of ether oxygens (including phenoxy) is 3. The molecule has 120 valence electrons. The van der Waals surface area contributed by atoms with E-state index in [4.69, 9.17) is 14.2 Å². The molecule has 0 aromatic heterocycles. The molecule has 6 heteroatoms. The van der Waals surface area contributed by atoms with E-state index >= 15 is 0 Å². The fourth-order valence-corrected chi connectivity index (χ4v) is 1.32. The fourth-order valence-electron chi connectivity index (χ4n) is 1.32. The summed E-state index contributed by atoms with van der Waals surface area (Å²) in [4.78, 5) is 11.4. The second-order valence-electron chi connectivity index (χ2n) is 4.46. The van der Waals surface area contributed by atoms with E-state index in [2.05, 4.69) is 24.5 Å². The van der Waals surface area contributed by atoms with Crippen LogP contribution in [0, 0.1) is 0 Å². The zero-order valence-electron chi connectivity index (χ0n) is 13.1. The largest absolute Gasteiger partial charge is 0.379 e. The van der Waals surface area contributed by atoms with Crippen LogP contribution in [0.5, 0.6) is 0 Å². The van der Waals surface area contributed by atoms with Gasteiger partial charge in [-0.3, -0.25) is 4.79 Å². The van der Waals surface area contributed by atoms with E-state index in [9.17, 15) is 4.79 Å². The third-order valence-corrected chi connectivity index (χ3v) is 2.74. The molecule has 1 atom stereocenters. The van der Waals surface area contributed by atoms with Crippen molar-refractivity contribution in [3.05, 3.63) is 0 Å². The highest BCUT2D eigenvalue weighted by molar-refractivity contribution is 5.77. The Hall–Kier alpha value is -0.690. The molecule has 1 amide bonds. The van der Waals surface area contributed by atoms with Crippen LogP contribution in [0.25, 0.3) is 0 Å². The third-order valence-electron chi connectivity index (χ3n) is 2.74. The van der Waals surface area contributed by atoms with Crippen molar-refractivity contribution in [3.8, 4) is 0 Å². The van der Waals surface area contributed by atoms with E-state index in [0.29, 0.717) is 58.8 Å². The number of hydrogen-bond donors (Lipinski definition) is 2. The van der Waals surface area contributed by atoms with E-state index in [1.165, 1.54) is 0 Å². The molecule has 0 spiro atoms. The van der Waals surface area contributed by atoms with E-state index in [-0.39, 0.29) is 5.91 Å². The summed E-state index contributed by atoms with van der Waals surface area (Å²) in [7, 11) is 0. The first-order chi connectivity index (χ1) is 9.70. The molecule has 0 heterocycles. The number of hydrogen-bond acceptors (Lipinski definition) is 5. The van der Waals surface area contributed by atoms with Gasteiger partial charge in [0.15, 0.2) is 0 Å². The first kappa shape index (κ1) is 19.3. The Bertz CT molecular complexity index is 227. The number of nitrogens with one attached hydrogen (secondary N) is 2. The lowest BCUT2D eigenvalue weighted by atomic mass is 10.2. The molecule has 2 N–H and O–H groups in total. The first-order valence-electron chi connectivity index (χ1n) is 7.44. The first-order valence-corrected chi connectivity index (χ1v) is 7.44. The van der Waals surface area contributed by atoms with Crippen LogP contribution in [0.15, 0.2) is 0 Å². The lowest BCUT2D eigenvalue weighted by molar-refractivity contribution is -0.120. The SMILES string of the molecule is CCOCCOCCOCCNC(=O)CNC(C)CC. The molecule has 6 nitrogen and oxygen atoms in total. The van der Waals surface area contributed by atoms with Gasteiger partial charge in [-0.05, 0) is 20.3 Å². The zero-order chi connectivity index (χ0) is 15.1. The molecule has 0 aliphatic carbocycles. The number of amides is 1. The second kappa shape index (κ2) is 14.7. The number of carbonyl (C=O) groups is 1. The normalized spacial score (nSPS) is 12.3. The molecule has 0 aromatic carbocycles. The fraction of sp³-hybridized carbons (Fsp3) is 0.929. The highest BCUT2D eigenvalue weighted by atomic mass is 16.5. The van der Waals surface area contributed by atoms with Gasteiger partial charge in [0.1, 0.15) is 0 Å². The van der Waals surface area contributed by atoms with Crippen molar-refractivity contribution in [2.45, 2.75) is 33.2 Å². The van der Waals surface area contributed by atoms with Crippen LogP contribution in [0.1, 0.15) is 27.2 Å². The van der Waals surface area contributed by atoms with Gasteiger partial charge in [0, 0.05) is 19.2 Å². The Balaban J connectivity index is 3.17. The molecular weight excluding hydrogens is 260 g/mol. The maximum absolute atomic E-state index is 11.4. The van der Waals surface area contributed by atoms with Gasteiger partial charge >= 0.3 is 0 Å². The molecule has 0 saturated carbocycles. The topological polar surface area (TPSA) is 68.8 Å². The van der Waals surface area contributed by atoms with Crippen LogP contribution in [0.4, 0.5) is 0 Å². The summed E-state index contributed by atoms with van der Waals surface area (Å²) >= 11 is 0. The van der Waals surface area contributed by atoms with Crippen molar-refractivity contribution >= 4 is 5.91 Å². The lowest BCUT2D eigenvalue weighted by Gasteiger charge is -2.11. The molecule has 1 unspecified atom stereocenters. The van der Waals surface area contributed by atoms with E-state index < -0.39 is 0 Å². The molecule has 0 bridgehead atoms. The van der Waals surface area contributed by atoms with Gasteiger partial charge in [0.25, 0.3) is 0 Å². The van der Waals surface area contributed by atoms with Gasteiger partial charge in [-0.1, -0.05) is 6.92 Å². The Morgan fingerprint density at radius 1 is 1.00 bits per heavy atom. The van der Waals surface area contributed by atoms with Gasteiger partial charge < -0.3 is 24.8 Å². The monoisotopic (exact) mass is 290 g/mol. The van der Waals surface area contributed by atoms with Gasteiger partial charge in [-0.15, -0.1) is 0 Å². The van der Waals surface area contributed by atoms with E-state index in [1.54, 1.807) is 0 Å². The average Bonchev–Trinajstić information content (AvgIpc) is 2.46. The minimum atomic E-state index is 0.00173. The minimum absolute atomic E-state index is 0.00173. The van der Waals surface area contributed by atoms with Crippen LogP contribution < -0.4 is 10.6 Å². The summed E-state index contributed by atoms with van der Waals surface area (Å²) in [6.45, 7) is 10.5. The summed E-state index contributed by atoms with van der Waals surface area (Å²) in [5.74, 6) is 0.00173. The van der Waals surface area contributed by atoms with Crippen LogP contribution in [0.3, 0.4) is 0 Å². The molecule has 0 radical (unpaired) electrons. The molecule has 0 aliphatic rings. The number of rotatable bonds is 14.